The summed E-state index contributed by atoms with van der Waals surface area (Å²) in [5, 5.41) is 9.93. The fourth-order valence-electron chi connectivity index (χ4n) is 1.26. The Labute approximate surface area is 72.1 Å². The summed E-state index contributed by atoms with van der Waals surface area (Å²) in [4.78, 5) is 4.37. The minimum absolute atomic E-state index is 0.793. The highest BCUT2D eigenvalue weighted by atomic mass is 32.1. The number of hydrogen-bond donors (Lipinski definition) is 1. The minimum Gasteiger partial charge on any atom is -0.283 e. The lowest BCUT2D eigenvalue weighted by Crippen LogP contribution is -1.75. The van der Waals surface area contributed by atoms with Crippen LogP contribution in [0.4, 0.5) is 0 Å². The summed E-state index contributed by atoms with van der Waals surface area (Å²) < 4.78 is 1.21. The Morgan fingerprint density at radius 1 is 1.42 bits per heavy atom. The van der Waals surface area contributed by atoms with Crippen LogP contribution in [0.25, 0.3) is 21.3 Å². The molecule has 3 aromatic rings. The molecule has 12 heavy (non-hydrogen) atoms. The van der Waals surface area contributed by atoms with Crippen molar-refractivity contribution < 1.29 is 0 Å². The van der Waals surface area contributed by atoms with Gasteiger partial charge < -0.3 is 0 Å². The zero-order valence-corrected chi connectivity index (χ0v) is 6.93. The number of thiophene rings is 1. The molecule has 0 aliphatic carbocycles. The lowest BCUT2D eigenvalue weighted by molar-refractivity contribution is 1.10. The summed E-state index contributed by atoms with van der Waals surface area (Å²) in [5.74, 6) is 0. The van der Waals surface area contributed by atoms with E-state index in [2.05, 4.69) is 21.2 Å². The average molecular weight is 175 g/mol. The van der Waals surface area contributed by atoms with Crippen LogP contribution in [0.3, 0.4) is 0 Å². The van der Waals surface area contributed by atoms with Crippen molar-refractivity contribution in [2.75, 3.05) is 0 Å². The minimum atomic E-state index is 0.793. The lowest BCUT2D eigenvalue weighted by atomic mass is 10.3. The van der Waals surface area contributed by atoms with Gasteiger partial charge in [0.2, 0.25) is 0 Å². The Kier molecular flexibility index (Phi) is 1.04. The van der Waals surface area contributed by atoms with Gasteiger partial charge in [-0.15, -0.1) is 11.3 Å². The smallest absolute Gasteiger partial charge is 0.181 e. The van der Waals surface area contributed by atoms with Gasteiger partial charge in [-0.2, -0.15) is 5.10 Å². The first-order valence-electron chi connectivity index (χ1n) is 3.61. The summed E-state index contributed by atoms with van der Waals surface area (Å²) in [6.07, 6.45) is 1.86. The molecule has 3 nitrogen and oxygen atoms in total. The van der Waals surface area contributed by atoms with Gasteiger partial charge in [-0.1, -0.05) is 0 Å². The highest BCUT2D eigenvalue weighted by Crippen LogP contribution is 2.22. The molecule has 0 atom stereocenters. The molecule has 3 rings (SSSR count). The van der Waals surface area contributed by atoms with Gasteiger partial charge in [-0.25, -0.2) is 4.98 Å². The van der Waals surface area contributed by atoms with Gasteiger partial charge in [0.05, 0.1) is 10.2 Å². The molecule has 0 aromatic carbocycles. The first-order chi connectivity index (χ1) is 5.93. The predicted octanol–water partition coefficient (Wildman–Crippen LogP) is 2.17. The van der Waals surface area contributed by atoms with Crippen LogP contribution >= 0.6 is 11.3 Å². The number of nitrogens with zero attached hydrogens (tertiary/aromatic N) is 2. The van der Waals surface area contributed by atoms with E-state index in [4.69, 9.17) is 0 Å². The highest BCUT2D eigenvalue weighted by Gasteiger charge is 2.01. The van der Waals surface area contributed by atoms with Crippen molar-refractivity contribution in [3.8, 4) is 0 Å². The van der Waals surface area contributed by atoms with Crippen LogP contribution in [0.5, 0.6) is 0 Å². The van der Waals surface area contributed by atoms with Gasteiger partial charge >= 0.3 is 0 Å². The topological polar surface area (TPSA) is 41.6 Å². The molecule has 0 aliphatic heterocycles. The van der Waals surface area contributed by atoms with E-state index < -0.39 is 0 Å². The first kappa shape index (κ1) is 6.14. The van der Waals surface area contributed by atoms with Crippen LogP contribution in [0.15, 0.2) is 23.7 Å². The number of aromatic nitrogens is 3. The number of aromatic amines is 1. The number of nitrogens with one attached hydrogen (secondary N) is 1. The average Bonchev–Trinajstić information content (AvgIpc) is 2.64. The molecule has 0 saturated carbocycles. The number of H-pyrrole nitrogens is 1. The molecule has 0 saturated heterocycles. The Balaban J connectivity index is 2.62. The summed E-state index contributed by atoms with van der Waals surface area (Å²) >= 11 is 1.70. The van der Waals surface area contributed by atoms with Crippen molar-refractivity contribution in [1.82, 2.24) is 15.2 Å². The number of rotatable bonds is 0. The third-order valence-corrected chi connectivity index (χ3v) is 2.69. The number of hydrogen-bond acceptors (Lipinski definition) is 3. The van der Waals surface area contributed by atoms with Crippen LogP contribution < -0.4 is 0 Å². The molecular weight excluding hydrogens is 170 g/mol. The van der Waals surface area contributed by atoms with Crippen molar-refractivity contribution >= 4 is 32.6 Å². The molecule has 0 aliphatic rings. The largest absolute Gasteiger partial charge is 0.283 e. The monoisotopic (exact) mass is 175 g/mol. The maximum Gasteiger partial charge on any atom is 0.181 e. The second-order valence-electron chi connectivity index (χ2n) is 2.59. The van der Waals surface area contributed by atoms with Crippen molar-refractivity contribution in [3.05, 3.63) is 23.7 Å². The van der Waals surface area contributed by atoms with Crippen LogP contribution in [0, 0.1) is 0 Å². The molecular formula is C8H5N3S. The summed E-state index contributed by atoms with van der Waals surface area (Å²) in [7, 11) is 0. The van der Waals surface area contributed by atoms with Crippen molar-refractivity contribution in [3.63, 3.8) is 0 Å². The van der Waals surface area contributed by atoms with Crippen molar-refractivity contribution in [2.24, 2.45) is 0 Å². The second-order valence-corrected chi connectivity index (χ2v) is 3.54. The standard InChI is InChI=1S/C8H5N3S/c1-2-12-7-3-5-4-9-11-8(5)10-6(1)7/h1-4H,(H,9,10,11). The zero-order valence-electron chi connectivity index (χ0n) is 6.11. The van der Waals surface area contributed by atoms with Gasteiger partial charge in [0, 0.05) is 11.6 Å². The molecule has 4 heteroatoms. The highest BCUT2D eigenvalue weighted by molar-refractivity contribution is 7.17. The van der Waals surface area contributed by atoms with E-state index in [0.29, 0.717) is 0 Å². The summed E-state index contributed by atoms with van der Waals surface area (Å²) in [6.45, 7) is 0. The zero-order chi connectivity index (χ0) is 7.97. The molecule has 58 valence electrons. The van der Waals surface area contributed by atoms with E-state index in [-0.39, 0.29) is 0 Å². The molecule has 3 heterocycles. The Morgan fingerprint density at radius 3 is 3.42 bits per heavy atom. The van der Waals surface area contributed by atoms with Gasteiger partial charge in [0.15, 0.2) is 5.65 Å². The first-order valence-corrected chi connectivity index (χ1v) is 4.49. The molecule has 0 bridgehead atoms. The Morgan fingerprint density at radius 2 is 2.42 bits per heavy atom. The Hall–Kier alpha value is -1.42. The number of pyridine rings is 1. The van der Waals surface area contributed by atoms with E-state index in [1.807, 2.05) is 17.6 Å². The fraction of sp³-hybridized carbons (Fsp3) is 0. The molecule has 0 radical (unpaired) electrons. The Bertz CT molecular complexity index is 446. The summed E-state index contributed by atoms with van der Waals surface area (Å²) in [6, 6.07) is 4.11. The maximum atomic E-state index is 4.37. The normalized spacial score (nSPS) is 11.3. The SMILES string of the molecule is c1cc2nc3n[nH]cc3cc2s1. The van der Waals surface area contributed by atoms with Crippen molar-refractivity contribution in [1.29, 1.82) is 0 Å². The maximum absolute atomic E-state index is 4.37. The van der Waals surface area contributed by atoms with Crippen LogP contribution in [-0.2, 0) is 0 Å². The van der Waals surface area contributed by atoms with Gasteiger partial charge in [-0.05, 0) is 17.5 Å². The quantitative estimate of drug-likeness (QED) is 0.569. The number of fused-ring (bicyclic) bond motifs is 2. The van der Waals surface area contributed by atoms with Crippen LogP contribution in [0.2, 0.25) is 0 Å². The van der Waals surface area contributed by atoms with E-state index in [0.717, 1.165) is 16.6 Å². The van der Waals surface area contributed by atoms with Crippen LogP contribution in [-0.4, -0.2) is 15.2 Å². The van der Waals surface area contributed by atoms with E-state index in [9.17, 15) is 0 Å². The molecule has 0 spiro atoms. The van der Waals surface area contributed by atoms with E-state index in [1.54, 1.807) is 11.3 Å². The van der Waals surface area contributed by atoms with Gasteiger partial charge in [0.25, 0.3) is 0 Å². The van der Waals surface area contributed by atoms with E-state index in [1.165, 1.54) is 4.70 Å². The molecule has 0 amide bonds. The summed E-state index contributed by atoms with van der Waals surface area (Å²) in [5.41, 5.74) is 1.82. The van der Waals surface area contributed by atoms with Gasteiger partial charge in [-0.3, -0.25) is 5.10 Å². The lowest BCUT2D eigenvalue weighted by Gasteiger charge is -1.87. The molecule has 0 unspecified atom stereocenters. The fourth-order valence-corrected chi connectivity index (χ4v) is 2.03. The molecule has 0 fully saturated rings. The van der Waals surface area contributed by atoms with E-state index >= 15 is 0 Å². The predicted molar refractivity (Wildman–Crippen MR) is 49.3 cm³/mol. The third kappa shape index (κ3) is 0.698. The third-order valence-electron chi connectivity index (χ3n) is 1.84. The molecule has 1 N–H and O–H groups in total. The van der Waals surface area contributed by atoms with Gasteiger partial charge in [0.1, 0.15) is 0 Å². The second kappa shape index (κ2) is 2.04. The van der Waals surface area contributed by atoms with Crippen LogP contribution in [0.1, 0.15) is 0 Å². The van der Waals surface area contributed by atoms with Crippen molar-refractivity contribution in [2.45, 2.75) is 0 Å². The molecule has 3 aromatic heterocycles.